The zero-order chi connectivity index (χ0) is 21.1. The van der Waals surface area contributed by atoms with Gasteiger partial charge in [0.25, 0.3) is 11.8 Å². The van der Waals surface area contributed by atoms with Gasteiger partial charge in [-0.05, 0) is 53.9 Å². The summed E-state index contributed by atoms with van der Waals surface area (Å²) in [6.07, 6.45) is 2.02. The number of nitrogens with zero attached hydrogens (tertiary/aromatic N) is 1. The van der Waals surface area contributed by atoms with Crippen molar-refractivity contribution in [1.82, 2.24) is 4.90 Å². The van der Waals surface area contributed by atoms with Crippen molar-refractivity contribution in [2.24, 2.45) is 0 Å². The maximum Gasteiger partial charge on any atom is 0.268 e. The normalized spacial score (nSPS) is 14.1. The lowest BCUT2D eigenvalue weighted by Gasteiger charge is -2.15. The fraction of sp³-hybridized carbons (Fsp3) is 0.130. The van der Waals surface area contributed by atoms with E-state index >= 15 is 0 Å². The predicted molar refractivity (Wildman–Crippen MR) is 115 cm³/mol. The van der Waals surface area contributed by atoms with Crippen LogP contribution in [0.1, 0.15) is 16.9 Å². The van der Waals surface area contributed by atoms with Crippen molar-refractivity contribution < 1.29 is 18.4 Å². The maximum absolute atomic E-state index is 13.2. The molecule has 1 aliphatic heterocycles. The summed E-state index contributed by atoms with van der Waals surface area (Å²) in [6, 6.07) is 16.5. The Morgan fingerprint density at radius 2 is 1.70 bits per heavy atom. The van der Waals surface area contributed by atoms with Gasteiger partial charge in [0.05, 0.1) is 22.5 Å². The Hall–Kier alpha value is -2.83. The van der Waals surface area contributed by atoms with Crippen LogP contribution in [0.4, 0.5) is 4.39 Å². The van der Waals surface area contributed by atoms with E-state index in [1.807, 2.05) is 6.07 Å². The highest BCUT2D eigenvalue weighted by molar-refractivity contribution is 8.03. The number of rotatable bonds is 7. The van der Waals surface area contributed by atoms with Gasteiger partial charge >= 0.3 is 0 Å². The molecule has 0 saturated carbocycles. The summed E-state index contributed by atoms with van der Waals surface area (Å²) >= 11 is 7.26. The lowest BCUT2D eigenvalue weighted by molar-refractivity contribution is -0.136. The van der Waals surface area contributed by atoms with Gasteiger partial charge in [-0.3, -0.25) is 14.5 Å². The highest BCUT2D eigenvalue weighted by Crippen LogP contribution is 2.38. The van der Waals surface area contributed by atoms with E-state index in [1.165, 1.54) is 28.8 Å². The molecule has 4 nitrogen and oxygen atoms in total. The second kappa shape index (κ2) is 8.90. The first-order chi connectivity index (χ1) is 14.5. The Balaban J connectivity index is 1.59. The number of benzene rings is 2. The molecule has 2 aromatic carbocycles. The quantitative estimate of drug-likeness (QED) is 0.465. The Kier molecular flexibility index (Phi) is 6.06. The number of carbonyl (C=O) groups is 2. The molecule has 152 valence electrons. The van der Waals surface area contributed by atoms with Crippen molar-refractivity contribution >= 4 is 40.8 Å². The number of imide groups is 1. The van der Waals surface area contributed by atoms with Gasteiger partial charge in [0.2, 0.25) is 0 Å². The summed E-state index contributed by atoms with van der Waals surface area (Å²) in [4.78, 5) is 27.9. The van der Waals surface area contributed by atoms with Crippen molar-refractivity contribution in [3.8, 4) is 0 Å². The molecule has 7 heteroatoms. The number of hydrogen-bond donors (Lipinski definition) is 0. The van der Waals surface area contributed by atoms with Crippen LogP contribution < -0.4 is 0 Å². The molecule has 0 saturated heterocycles. The van der Waals surface area contributed by atoms with Gasteiger partial charge in [-0.25, -0.2) is 4.39 Å². The Labute approximate surface area is 182 Å². The fourth-order valence-electron chi connectivity index (χ4n) is 3.19. The van der Waals surface area contributed by atoms with Crippen molar-refractivity contribution in [2.45, 2.75) is 12.2 Å². The molecule has 2 heterocycles. The molecule has 3 aromatic rings. The molecule has 1 aromatic heterocycles. The molecule has 2 amide bonds. The van der Waals surface area contributed by atoms with Crippen LogP contribution in [0.5, 0.6) is 0 Å². The predicted octanol–water partition coefficient (Wildman–Crippen LogP) is 5.33. The molecule has 1 aliphatic rings. The van der Waals surface area contributed by atoms with Crippen LogP contribution in [0.2, 0.25) is 5.02 Å². The molecule has 0 fully saturated rings. The van der Waals surface area contributed by atoms with E-state index < -0.39 is 0 Å². The minimum atomic E-state index is -0.341. The van der Waals surface area contributed by atoms with Crippen LogP contribution in [0.15, 0.2) is 76.2 Å². The zero-order valence-electron chi connectivity index (χ0n) is 15.8. The summed E-state index contributed by atoms with van der Waals surface area (Å²) < 4.78 is 18.5. The Morgan fingerprint density at radius 3 is 2.37 bits per heavy atom. The smallest absolute Gasteiger partial charge is 0.268 e. The average Bonchev–Trinajstić information content (AvgIpc) is 3.34. The number of thioether (sulfide) groups is 1. The van der Waals surface area contributed by atoms with Crippen molar-refractivity contribution in [3.63, 3.8) is 0 Å². The van der Waals surface area contributed by atoms with E-state index in [0.29, 0.717) is 39.0 Å². The zero-order valence-corrected chi connectivity index (χ0v) is 17.4. The van der Waals surface area contributed by atoms with Gasteiger partial charge in [0, 0.05) is 11.6 Å². The van der Waals surface area contributed by atoms with Crippen molar-refractivity contribution in [2.75, 3.05) is 6.54 Å². The van der Waals surface area contributed by atoms with E-state index in [-0.39, 0.29) is 24.2 Å². The second-order valence-electron chi connectivity index (χ2n) is 6.72. The molecule has 30 heavy (non-hydrogen) atoms. The van der Waals surface area contributed by atoms with Crippen LogP contribution >= 0.6 is 23.4 Å². The van der Waals surface area contributed by atoms with Crippen LogP contribution in [-0.4, -0.2) is 23.3 Å². The average molecular weight is 442 g/mol. The van der Waals surface area contributed by atoms with E-state index in [4.69, 9.17) is 16.0 Å². The number of halogens is 2. The monoisotopic (exact) mass is 441 g/mol. The number of carbonyl (C=O) groups excluding carboxylic acids is 2. The standard InChI is InChI=1S/C23H17ClFNO3S/c24-17-7-5-16(6-8-17)20-21(30-14-19-2-1-13-29-19)23(28)26(22(20)27)12-11-15-3-9-18(25)10-4-15/h1-10,13H,11-12,14H2. The summed E-state index contributed by atoms with van der Waals surface area (Å²) in [6.45, 7) is 0.213. The fourth-order valence-corrected chi connectivity index (χ4v) is 4.35. The molecular formula is C23H17ClFNO3S. The summed E-state index contributed by atoms with van der Waals surface area (Å²) in [5.41, 5.74) is 1.86. The first kappa shape index (κ1) is 20.4. The molecular weight excluding hydrogens is 425 g/mol. The first-order valence-electron chi connectivity index (χ1n) is 9.29. The highest BCUT2D eigenvalue weighted by atomic mass is 35.5. The second-order valence-corrected chi connectivity index (χ2v) is 8.14. The maximum atomic E-state index is 13.2. The summed E-state index contributed by atoms with van der Waals surface area (Å²) in [5.74, 6) is 0.155. The molecule has 0 bridgehead atoms. The van der Waals surface area contributed by atoms with Crippen LogP contribution in [0, 0.1) is 5.82 Å². The van der Waals surface area contributed by atoms with Gasteiger partial charge in [-0.2, -0.15) is 0 Å². The third-order valence-corrected chi connectivity index (χ3v) is 6.08. The molecule has 4 rings (SSSR count). The van der Waals surface area contributed by atoms with E-state index in [9.17, 15) is 14.0 Å². The van der Waals surface area contributed by atoms with Gasteiger partial charge < -0.3 is 4.42 Å². The van der Waals surface area contributed by atoms with E-state index in [2.05, 4.69) is 0 Å². The van der Waals surface area contributed by atoms with Gasteiger partial charge in [0.1, 0.15) is 11.6 Å². The lowest BCUT2D eigenvalue weighted by atomic mass is 10.1. The Bertz CT molecular complexity index is 1090. The number of amides is 2. The van der Waals surface area contributed by atoms with Crippen LogP contribution in [-0.2, 0) is 21.8 Å². The lowest BCUT2D eigenvalue weighted by Crippen LogP contribution is -2.33. The third-order valence-electron chi connectivity index (χ3n) is 4.73. The molecule has 0 unspecified atom stereocenters. The summed E-state index contributed by atoms with van der Waals surface area (Å²) in [7, 11) is 0. The number of hydrogen-bond acceptors (Lipinski definition) is 4. The largest absolute Gasteiger partial charge is 0.468 e. The van der Waals surface area contributed by atoms with Gasteiger partial charge in [0.15, 0.2) is 0 Å². The topological polar surface area (TPSA) is 50.5 Å². The molecule has 0 spiro atoms. The Morgan fingerprint density at radius 1 is 0.967 bits per heavy atom. The minimum Gasteiger partial charge on any atom is -0.468 e. The number of furan rings is 1. The third kappa shape index (κ3) is 4.35. The van der Waals surface area contributed by atoms with Gasteiger partial charge in [-0.1, -0.05) is 35.9 Å². The summed E-state index contributed by atoms with van der Waals surface area (Å²) in [5, 5.41) is 0.550. The van der Waals surface area contributed by atoms with Crippen LogP contribution in [0.25, 0.3) is 5.57 Å². The first-order valence-corrected chi connectivity index (χ1v) is 10.7. The van der Waals surface area contributed by atoms with E-state index in [0.717, 1.165) is 5.56 Å². The van der Waals surface area contributed by atoms with E-state index in [1.54, 1.807) is 48.7 Å². The molecule has 0 N–H and O–H groups in total. The van der Waals surface area contributed by atoms with Crippen molar-refractivity contribution in [1.29, 1.82) is 0 Å². The molecule has 0 atom stereocenters. The van der Waals surface area contributed by atoms with Gasteiger partial charge in [-0.15, -0.1) is 11.8 Å². The van der Waals surface area contributed by atoms with Crippen LogP contribution in [0.3, 0.4) is 0 Å². The minimum absolute atomic E-state index is 0.213. The molecule has 0 radical (unpaired) electrons. The molecule has 0 aliphatic carbocycles. The highest BCUT2D eigenvalue weighted by Gasteiger charge is 2.38. The van der Waals surface area contributed by atoms with Crippen molar-refractivity contribution in [3.05, 3.63) is 99.6 Å². The SMILES string of the molecule is O=C1C(SCc2ccco2)=C(c2ccc(Cl)cc2)C(=O)N1CCc1ccc(F)cc1.